The van der Waals surface area contributed by atoms with Crippen LogP contribution in [0.3, 0.4) is 0 Å². The van der Waals surface area contributed by atoms with Crippen LogP contribution in [-0.4, -0.2) is 32.4 Å². The van der Waals surface area contributed by atoms with Crippen molar-refractivity contribution in [2.24, 2.45) is 5.92 Å². The Morgan fingerprint density at radius 2 is 2.00 bits per heavy atom. The molecule has 0 radical (unpaired) electrons. The van der Waals surface area contributed by atoms with Crippen LogP contribution >= 0.6 is 0 Å². The Balaban J connectivity index is 1.62. The standard InChI is InChI=1S/C18H29NO2/c1-14(2)16-6-8-17(9-7-16)21-13-15(3)11-19-12-18-5-4-10-20-18/h6-9,14-15,18-19H,4-5,10-13H2,1-3H3. The minimum absolute atomic E-state index is 0.418. The molecule has 118 valence electrons. The molecule has 3 nitrogen and oxygen atoms in total. The van der Waals surface area contributed by atoms with Crippen LogP contribution in [0.25, 0.3) is 0 Å². The van der Waals surface area contributed by atoms with E-state index in [0.29, 0.717) is 17.9 Å². The van der Waals surface area contributed by atoms with Crippen LogP contribution in [0.15, 0.2) is 24.3 Å². The summed E-state index contributed by atoms with van der Waals surface area (Å²) in [6, 6.07) is 8.45. The lowest BCUT2D eigenvalue weighted by Crippen LogP contribution is -2.31. The number of nitrogens with one attached hydrogen (secondary N) is 1. The molecule has 1 N–H and O–H groups in total. The highest BCUT2D eigenvalue weighted by Gasteiger charge is 2.15. The van der Waals surface area contributed by atoms with E-state index in [9.17, 15) is 0 Å². The molecule has 2 rings (SSSR count). The molecule has 0 bridgehead atoms. The van der Waals surface area contributed by atoms with Gasteiger partial charge in [0.05, 0.1) is 12.7 Å². The predicted octanol–water partition coefficient (Wildman–Crippen LogP) is 3.59. The monoisotopic (exact) mass is 291 g/mol. The molecular weight excluding hydrogens is 262 g/mol. The largest absolute Gasteiger partial charge is 0.493 e. The van der Waals surface area contributed by atoms with Gasteiger partial charge >= 0.3 is 0 Å². The third-order valence-electron chi connectivity index (χ3n) is 3.97. The summed E-state index contributed by atoms with van der Waals surface area (Å²) in [6.07, 6.45) is 2.82. The van der Waals surface area contributed by atoms with E-state index in [2.05, 4.69) is 50.4 Å². The molecule has 1 heterocycles. The molecule has 1 aliphatic heterocycles. The Kier molecular flexibility index (Phi) is 6.52. The smallest absolute Gasteiger partial charge is 0.119 e. The van der Waals surface area contributed by atoms with Gasteiger partial charge in [0.25, 0.3) is 0 Å². The SMILES string of the molecule is CC(CNCC1CCCO1)COc1ccc(C(C)C)cc1. The normalized spacial score (nSPS) is 19.9. The summed E-state index contributed by atoms with van der Waals surface area (Å²) in [5.74, 6) is 2.03. The van der Waals surface area contributed by atoms with Gasteiger partial charge in [-0.2, -0.15) is 0 Å². The van der Waals surface area contributed by atoms with Crippen molar-refractivity contribution in [3.05, 3.63) is 29.8 Å². The summed E-state index contributed by atoms with van der Waals surface area (Å²) < 4.78 is 11.5. The summed E-state index contributed by atoms with van der Waals surface area (Å²) in [5, 5.41) is 3.48. The predicted molar refractivity (Wildman–Crippen MR) is 87.0 cm³/mol. The molecule has 1 aromatic rings. The first-order valence-electron chi connectivity index (χ1n) is 8.20. The van der Waals surface area contributed by atoms with Gasteiger partial charge in [0.15, 0.2) is 0 Å². The molecule has 1 fully saturated rings. The van der Waals surface area contributed by atoms with E-state index >= 15 is 0 Å². The van der Waals surface area contributed by atoms with Gasteiger partial charge in [0.1, 0.15) is 5.75 Å². The molecular formula is C18H29NO2. The number of ether oxygens (including phenoxy) is 2. The average Bonchev–Trinajstić information content (AvgIpc) is 2.99. The van der Waals surface area contributed by atoms with Crippen LogP contribution in [0.1, 0.15) is 45.1 Å². The summed E-state index contributed by atoms with van der Waals surface area (Å²) in [6.45, 7) is 10.2. The van der Waals surface area contributed by atoms with Crippen molar-refractivity contribution >= 4 is 0 Å². The zero-order valence-electron chi connectivity index (χ0n) is 13.6. The second-order valence-electron chi connectivity index (χ2n) is 6.43. The summed E-state index contributed by atoms with van der Waals surface area (Å²) in [5.41, 5.74) is 1.36. The van der Waals surface area contributed by atoms with Gasteiger partial charge in [-0.3, -0.25) is 0 Å². The fourth-order valence-corrected chi connectivity index (χ4v) is 2.54. The fourth-order valence-electron chi connectivity index (χ4n) is 2.54. The topological polar surface area (TPSA) is 30.5 Å². The third kappa shape index (κ3) is 5.68. The quantitative estimate of drug-likeness (QED) is 0.794. The molecule has 2 unspecified atom stereocenters. The molecule has 1 aromatic carbocycles. The van der Waals surface area contributed by atoms with Crippen LogP contribution in [0, 0.1) is 5.92 Å². The zero-order chi connectivity index (χ0) is 15.1. The van der Waals surface area contributed by atoms with Crippen LogP contribution in [-0.2, 0) is 4.74 Å². The average molecular weight is 291 g/mol. The first kappa shape index (κ1) is 16.3. The number of hydrogen-bond donors (Lipinski definition) is 1. The lowest BCUT2D eigenvalue weighted by Gasteiger charge is -2.16. The molecule has 21 heavy (non-hydrogen) atoms. The summed E-state index contributed by atoms with van der Waals surface area (Å²) in [4.78, 5) is 0. The van der Waals surface area contributed by atoms with Crippen molar-refractivity contribution in [1.29, 1.82) is 0 Å². The molecule has 1 saturated heterocycles. The van der Waals surface area contributed by atoms with Crippen molar-refractivity contribution in [1.82, 2.24) is 5.32 Å². The van der Waals surface area contributed by atoms with Gasteiger partial charge < -0.3 is 14.8 Å². The van der Waals surface area contributed by atoms with Gasteiger partial charge in [-0.1, -0.05) is 32.9 Å². The summed E-state index contributed by atoms with van der Waals surface area (Å²) >= 11 is 0. The van der Waals surface area contributed by atoms with Crippen molar-refractivity contribution in [3.8, 4) is 5.75 Å². The maximum atomic E-state index is 5.85. The van der Waals surface area contributed by atoms with E-state index < -0.39 is 0 Å². The van der Waals surface area contributed by atoms with E-state index in [-0.39, 0.29) is 0 Å². The van der Waals surface area contributed by atoms with Crippen molar-refractivity contribution in [2.75, 3.05) is 26.3 Å². The zero-order valence-corrected chi connectivity index (χ0v) is 13.6. The molecule has 0 saturated carbocycles. The Labute approximate surface area is 129 Å². The van der Waals surface area contributed by atoms with Crippen LogP contribution < -0.4 is 10.1 Å². The van der Waals surface area contributed by atoms with E-state index in [1.807, 2.05) is 0 Å². The molecule has 1 aliphatic rings. The molecule has 2 atom stereocenters. The van der Waals surface area contributed by atoms with E-state index in [1.54, 1.807) is 0 Å². The van der Waals surface area contributed by atoms with Crippen molar-refractivity contribution in [2.45, 2.75) is 45.6 Å². The maximum Gasteiger partial charge on any atom is 0.119 e. The van der Waals surface area contributed by atoms with E-state index in [1.165, 1.54) is 18.4 Å². The maximum absolute atomic E-state index is 5.85. The number of rotatable bonds is 8. The Hall–Kier alpha value is -1.06. The van der Waals surface area contributed by atoms with Crippen LogP contribution in [0.4, 0.5) is 0 Å². The highest BCUT2D eigenvalue weighted by molar-refractivity contribution is 5.28. The molecule has 0 aromatic heterocycles. The Morgan fingerprint density at radius 1 is 1.24 bits per heavy atom. The van der Waals surface area contributed by atoms with E-state index in [0.717, 1.165) is 32.1 Å². The van der Waals surface area contributed by atoms with Crippen molar-refractivity contribution < 1.29 is 9.47 Å². The molecule has 0 aliphatic carbocycles. The van der Waals surface area contributed by atoms with Gasteiger partial charge in [0.2, 0.25) is 0 Å². The van der Waals surface area contributed by atoms with Crippen molar-refractivity contribution in [3.63, 3.8) is 0 Å². The Bertz CT molecular complexity index is 396. The highest BCUT2D eigenvalue weighted by atomic mass is 16.5. The molecule has 0 spiro atoms. The second kappa shape index (κ2) is 8.40. The minimum Gasteiger partial charge on any atom is -0.493 e. The minimum atomic E-state index is 0.418. The first-order chi connectivity index (χ1) is 10.1. The van der Waals surface area contributed by atoms with Gasteiger partial charge in [-0.25, -0.2) is 0 Å². The van der Waals surface area contributed by atoms with Gasteiger partial charge in [0, 0.05) is 25.6 Å². The molecule has 0 amide bonds. The Morgan fingerprint density at radius 3 is 2.62 bits per heavy atom. The highest BCUT2D eigenvalue weighted by Crippen LogP contribution is 2.19. The first-order valence-corrected chi connectivity index (χ1v) is 8.20. The fraction of sp³-hybridized carbons (Fsp3) is 0.667. The van der Waals surface area contributed by atoms with Crippen LogP contribution in [0.2, 0.25) is 0 Å². The second-order valence-corrected chi connectivity index (χ2v) is 6.43. The van der Waals surface area contributed by atoms with Gasteiger partial charge in [-0.05, 0) is 36.5 Å². The third-order valence-corrected chi connectivity index (χ3v) is 3.97. The van der Waals surface area contributed by atoms with Gasteiger partial charge in [-0.15, -0.1) is 0 Å². The number of benzene rings is 1. The summed E-state index contributed by atoms with van der Waals surface area (Å²) in [7, 11) is 0. The van der Waals surface area contributed by atoms with Crippen LogP contribution in [0.5, 0.6) is 5.75 Å². The molecule has 3 heteroatoms. The lowest BCUT2D eigenvalue weighted by atomic mass is 10.0. The number of hydrogen-bond acceptors (Lipinski definition) is 3. The lowest BCUT2D eigenvalue weighted by molar-refractivity contribution is 0.108. The van der Waals surface area contributed by atoms with E-state index in [4.69, 9.17) is 9.47 Å².